The SMILES string of the molecule is CNCCc1nn(C)cc1-c1ccc[nH]1. The molecule has 0 aromatic carbocycles. The molecule has 0 aliphatic rings. The molecule has 2 rings (SSSR count). The number of nitrogens with one attached hydrogen (secondary N) is 2. The first-order valence-corrected chi connectivity index (χ1v) is 5.12. The van der Waals surface area contributed by atoms with Crippen LogP contribution < -0.4 is 5.32 Å². The Morgan fingerprint density at radius 3 is 3.07 bits per heavy atom. The lowest BCUT2D eigenvalue weighted by molar-refractivity contribution is 0.717. The van der Waals surface area contributed by atoms with Crippen LogP contribution in [0.25, 0.3) is 11.3 Å². The Morgan fingerprint density at radius 2 is 2.40 bits per heavy atom. The highest BCUT2D eigenvalue weighted by atomic mass is 15.3. The summed E-state index contributed by atoms with van der Waals surface area (Å²) in [6, 6.07) is 4.07. The van der Waals surface area contributed by atoms with Gasteiger partial charge in [-0.15, -0.1) is 0 Å². The lowest BCUT2D eigenvalue weighted by Crippen LogP contribution is -2.11. The van der Waals surface area contributed by atoms with Gasteiger partial charge < -0.3 is 10.3 Å². The van der Waals surface area contributed by atoms with Gasteiger partial charge in [0.05, 0.1) is 5.69 Å². The summed E-state index contributed by atoms with van der Waals surface area (Å²) >= 11 is 0. The third kappa shape index (κ3) is 2.10. The van der Waals surface area contributed by atoms with Gasteiger partial charge in [-0.25, -0.2) is 0 Å². The molecule has 0 fully saturated rings. The van der Waals surface area contributed by atoms with E-state index in [9.17, 15) is 0 Å². The molecule has 80 valence electrons. The lowest BCUT2D eigenvalue weighted by Gasteiger charge is -1.99. The summed E-state index contributed by atoms with van der Waals surface area (Å²) in [7, 11) is 3.91. The van der Waals surface area contributed by atoms with Crippen LogP contribution in [0.2, 0.25) is 0 Å². The van der Waals surface area contributed by atoms with E-state index in [-0.39, 0.29) is 0 Å². The molecule has 0 aliphatic heterocycles. The maximum Gasteiger partial charge on any atom is 0.0730 e. The van der Waals surface area contributed by atoms with Gasteiger partial charge >= 0.3 is 0 Å². The first-order valence-electron chi connectivity index (χ1n) is 5.12. The van der Waals surface area contributed by atoms with Gasteiger partial charge in [0.25, 0.3) is 0 Å². The summed E-state index contributed by atoms with van der Waals surface area (Å²) in [5, 5.41) is 7.60. The Balaban J connectivity index is 2.29. The van der Waals surface area contributed by atoms with Crippen LogP contribution >= 0.6 is 0 Å². The molecule has 2 aromatic rings. The fourth-order valence-corrected chi connectivity index (χ4v) is 1.69. The summed E-state index contributed by atoms with van der Waals surface area (Å²) in [5.74, 6) is 0. The molecule has 2 heterocycles. The molecule has 0 spiro atoms. The van der Waals surface area contributed by atoms with E-state index in [1.165, 1.54) is 5.56 Å². The van der Waals surface area contributed by atoms with Crippen LogP contribution in [0.5, 0.6) is 0 Å². The second-order valence-corrected chi connectivity index (χ2v) is 3.60. The number of aromatic nitrogens is 3. The topological polar surface area (TPSA) is 45.6 Å². The van der Waals surface area contributed by atoms with Crippen molar-refractivity contribution in [3.63, 3.8) is 0 Å². The average Bonchev–Trinajstić information content (AvgIpc) is 2.83. The number of hydrogen-bond acceptors (Lipinski definition) is 2. The number of rotatable bonds is 4. The zero-order valence-corrected chi connectivity index (χ0v) is 9.12. The molecule has 0 radical (unpaired) electrons. The van der Waals surface area contributed by atoms with Crippen molar-refractivity contribution >= 4 is 0 Å². The van der Waals surface area contributed by atoms with Crippen LogP contribution in [-0.4, -0.2) is 28.4 Å². The Bertz CT molecular complexity index is 414. The van der Waals surface area contributed by atoms with Crippen molar-refractivity contribution in [1.29, 1.82) is 0 Å². The highest BCUT2D eigenvalue weighted by Gasteiger charge is 2.09. The second kappa shape index (κ2) is 4.31. The fourth-order valence-electron chi connectivity index (χ4n) is 1.69. The fraction of sp³-hybridized carbons (Fsp3) is 0.364. The predicted octanol–water partition coefficient (Wildman–Crippen LogP) is 1.18. The van der Waals surface area contributed by atoms with Gasteiger partial charge in [0.2, 0.25) is 0 Å². The number of aromatic amines is 1. The van der Waals surface area contributed by atoms with E-state index in [2.05, 4.69) is 27.7 Å². The van der Waals surface area contributed by atoms with Gasteiger partial charge in [-0.3, -0.25) is 4.68 Å². The van der Waals surface area contributed by atoms with Crippen LogP contribution in [-0.2, 0) is 13.5 Å². The van der Waals surface area contributed by atoms with E-state index in [0.29, 0.717) is 0 Å². The van der Waals surface area contributed by atoms with Gasteiger partial charge in [0.1, 0.15) is 0 Å². The van der Waals surface area contributed by atoms with Crippen molar-refractivity contribution in [2.75, 3.05) is 13.6 Å². The number of aryl methyl sites for hydroxylation is 1. The minimum Gasteiger partial charge on any atom is -0.361 e. The summed E-state index contributed by atoms with van der Waals surface area (Å²) < 4.78 is 1.86. The first-order chi connectivity index (χ1) is 7.31. The molecule has 0 saturated heterocycles. The summed E-state index contributed by atoms with van der Waals surface area (Å²) in [5.41, 5.74) is 3.46. The molecule has 0 saturated carbocycles. The standard InChI is InChI=1S/C11H16N4/c1-12-7-5-11-9(8-15(2)14-11)10-4-3-6-13-10/h3-4,6,8,12-13H,5,7H2,1-2H3. The molecule has 2 N–H and O–H groups in total. The van der Waals surface area contributed by atoms with Crippen molar-refractivity contribution in [2.45, 2.75) is 6.42 Å². The molecule has 0 amide bonds. The first kappa shape index (κ1) is 9.98. The molecular weight excluding hydrogens is 188 g/mol. The van der Waals surface area contributed by atoms with E-state index in [4.69, 9.17) is 0 Å². The van der Waals surface area contributed by atoms with E-state index in [1.807, 2.05) is 31.0 Å². The Morgan fingerprint density at radius 1 is 1.53 bits per heavy atom. The summed E-state index contributed by atoms with van der Waals surface area (Å²) in [6.07, 6.45) is 4.94. The van der Waals surface area contributed by atoms with Crippen LogP contribution in [0.15, 0.2) is 24.5 Å². The zero-order chi connectivity index (χ0) is 10.7. The molecular formula is C11H16N4. The van der Waals surface area contributed by atoms with Crippen molar-refractivity contribution in [3.8, 4) is 11.3 Å². The van der Waals surface area contributed by atoms with E-state index in [0.717, 1.165) is 24.4 Å². The molecule has 4 heteroatoms. The molecule has 2 aromatic heterocycles. The van der Waals surface area contributed by atoms with Gasteiger partial charge in [-0.05, 0) is 19.2 Å². The highest BCUT2D eigenvalue weighted by Crippen LogP contribution is 2.20. The minimum absolute atomic E-state index is 0.949. The Hall–Kier alpha value is -1.55. The van der Waals surface area contributed by atoms with Crippen LogP contribution in [0.1, 0.15) is 5.69 Å². The van der Waals surface area contributed by atoms with E-state index in [1.54, 1.807) is 0 Å². The summed E-state index contributed by atoms with van der Waals surface area (Å²) in [6.45, 7) is 0.949. The predicted molar refractivity (Wildman–Crippen MR) is 60.6 cm³/mol. The molecule has 0 atom stereocenters. The zero-order valence-electron chi connectivity index (χ0n) is 9.12. The van der Waals surface area contributed by atoms with E-state index >= 15 is 0 Å². The third-order valence-electron chi connectivity index (χ3n) is 2.41. The molecule has 0 aliphatic carbocycles. The smallest absolute Gasteiger partial charge is 0.0730 e. The average molecular weight is 204 g/mol. The number of likely N-dealkylation sites (N-methyl/N-ethyl adjacent to an activating group) is 1. The van der Waals surface area contributed by atoms with Crippen molar-refractivity contribution < 1.29 is 0 Å². The molecule has 0 bridgehead atoms. The van der Waals surface area contributed by atoms with Crippen molar-refractivity contribution in [2.24, 2.45) is 7.05 Å². The van der Waals surface area contributed by atoms with Crippen LogP contribution in [0.3, 0.4) is 0 Å². The number of H-pyrrole nitrogens is 1. The Kier molecular flexibility index (Phi) is 2.87. The van der Waals surface area contributed by atoms with Gasteiger partial charge in [0, 0.05) is 43.7 Å². The van der Waals surface area contributed by atoms with Gasteiger partial charge in [-0.1, -0.05) is 0 Å². The Labute approximate surface area is 89.3 Å². The van der Waals surface area contributed by atoms with Gasteiger partial charge in [-0.2, -0.15) is 5.10 Å². The normalized spacial score (nSPS) is 10.8. The quantitative estimate of drug-likeness (QED) is 0.785. The van der Waals surface area contributed by atoms with Crippen molar-refractivity contribution in [1.82, 2.24) is 20.1 Å². The summed E-state index contributed by atoms with van der Waals surface area (Å²) in [4.78, 5) is 3.21. The minimum atomic E-state index is 0.949. The van der Waals surface area contributed by atoms with Crippen molar-refractivity contribution in [3.05, 3.63) is 30.2 Å². The lowest BCUT2D eigenvalue weighted by atomic mass is 10.1. The second-order valence-electron chi connectivity index (χ2n) is 3.60. The van der Waals surface area contributed by atoms with Crippen LogP contribution in [0, 0.1) is 0 Å². The number of nitrogens with zero attached hydrogens (tertiary/aromatic N) is 2. The maximum atomic E-state index is 4.46. The molecule has 4 nitrogen and oxygen atoms in total. The maximum absolute atomic E-state index is 4.46. The number of hydrogen-bond donors (Lipinski definition) is 2. The van der Waals surface area contributed by atoms with Gasteiger partial charge in [0.15, 0.2) is 0 Å². The highest BCUT2D eigenvalue weighted by molar-refractivity contribution is 5.61. The molecule has 0 unspecified atom stereocenters. The monoisotopic (exact) mass is 204 g/mol. The van der Waals surface area contributed by atoms with Crippen LogP contribution in [0.4, 0.5) is 0 Å². The largest absolute Gasteiger partial charge is 0.361 e. The van der Waals surface area contributed by atoms with E-state index < -0.39 is 0 Å². The third-order valence-corrected chi connectivity index (χ3v) is 2.41. The molecule has 15 heavy (non-hydrogen) atoms.